The number of esters is 1. The number of nitrogens with zero attached hydrogens (tertiary/aromatic N) is 2. The van der Waals surface area contributed by atoms with Crippen molar-refractivity contribution in [2.75, 3.05) is 7.11 Å². The Balaban J connectivity index is 2.18. The predicted molar refractivity (Wildman–Crippen MR) is 84.9 cm³/mol. The van der Waals surface area contributed by atoms with E-state index >= 15 is 0 Å². The second-order valence-electron chi connectivity index (χ2n) is 5.15. The molecule has 0 saturated heterocycles. The third-order valence-electron chi connectivity index (χ3n) is 3.23. The topological polar surface area (TPSA) is 59.5 Å². The summed E-state index contributed by atoms with van der Waals surface area (Å²) in [5, 5.41) is 2.23. The number of methoxy groups -OCH3 is 1. The highest BCUT2D eigenvalue weighted by atomic mass is 32.1. The lowest BCUT2D eigenvalue weighted by atomic mass is 10.1. The van der Waals surface area contributed by atoms with Gasteiger partial charge in [-0.15, -0.1) is 11.3 Å². The van der Waals surface area contributed by atoms with Crippen LogP contribution >= 0.6 is 11.3 Å². The van der Waals surface area contributed by atoms with Gasteiger partial charge in [0.15, 0.2) is 5.69 Å². The fraction of sp³-hybridized carbons (Fsp3) is 0.312. The molecule has 0 spiro atoms. The highest BCUT2D eigenvalue weighted by molar-refractivity contribution is 7.09. The van der Waals surface area contributed by atoms with Crippen molar-refractivity contribution in [3.05, 3.63) is 51.7 Å². The van der Waals surface area contributed by atoms with Gasteiger partial charge in [-0.25, -0.2) is 14.2 Å². The van der Waals surface area contributed by atoms with Crippen LogP contribution in [0.2, 0.25) is 0 Å². The minimum Gasteiger partial charge on any atom is -0.464 e. The van der Waals surface area contributed by atoms with E-state index in [0.717, 1.165) is 0 Å². The molecular weight excluding hydrogens is 319 g/mol. The van der Waals surface area contributed by atoms with Crippen molar-refractivity contribution in [3.63, 3.8) is 0 Å². The highest BCUT2D eigenvalue weighted by Gasteiger charge is 2.21. The number of hydrogen-bond acceptors (Lipinski definition) is 5. The Morgan fingerprint density at radius 2 is 1.96 bits per heavy atom. The van der Waals surface area contributed by atoms with Crippen molar-refractivity contribution >= 4 is 23.2 Å². The molecule has 0 atom stereocenters. The first kappa shape index (κ1) is 17.1. The van der Waals surface area contributed by atoms with E-state index in [0.29, 0.717) is 10.6 Å². The normalized spacial score (nSPS) is 10.7. The van der Waals surface area contributed by atoms with Gasteiger partial charge < -0.3 is 9.64 Å². The molecule has 1 aromatic carbocycles. The Morgan fingerprint density at radius 3 is 2.52 bits per heavy atom. The molecular formula is C16H17FN2O3S. The number of hydrogen-bond donors (Lipinski definition) is 0. The van der Waals surface area contributed by atoms with Gasteiger partial charge in [-0.3, -0.25) is 4.79 Å². The SMILES string of the molecule is COC(=O)c1csc(CN(C(=O)c2ccc(F)cc2)C(C)C)n1. The summed E-state index contributed by atoms with van der Waals surface area (Å²) in [6, 6.07) is 5.34. The van der Waals surface area contributed by atoms with Crippen molar-refractivity contribution in [1.82, 2.24) is 9.88 Å². The van der Waals surface area contributed by atoms with E-state index in [1.165, 1.54) is 42.7 Å². The number of rotatable bonds is 5. The van der Waals surface area contributed by atoms with Crippen molar-refractivity contribution in [2.45, 2.75) is 26.4 Å². The van der Waals surface area contributed by atoms with Gasteiger partial charge in [0.05, 0.1) is 13.7 Å². The minimum absolute atomic E-state index is 0.0713. The molecule has 0 fully saturated rings. The van der Waals surface area contributed by atoms with Crippen molar-refractivity contribution in [2.24, 2.45) is 0 Å². The van der Waals surface area contributed by atoms with Crippen molar-refractivity contribution in [1.29, 1.82) is 0 Å². The second kappa shape index (κ2) is 7.32. The molecule has 23 heavy (non-hydrogen) atoms. The number of benzene rings is 1. The van der Waals surface area contributed by atoms with Crippen LogP contribution in [0.3, 0.4) is 0 Å². The maximum absolute atomic E-state index is 13.0. The molecule has 0 aliphatic heterocycles. The first-order chi connectivity index (χ1) is 10.9. The maximum atomic E-state index is 13.0. The van der Waals surface area contributed by atoms with Crippen LogP contribution in [-0.2, 0) is 11.3 Å². The van der Waals surface area contributed by atoms with Crippen LogP contribution in [0.1, 0.15) is 39.7 Å². The third kappa shape index (κ3) is 4.13. The van der Waals surface area contributed by atoms with E-state index < -0.39 is 5.97 Å². The molecule has 0 unspecified atom stereocenters. The van der Waals surface area contributed by atoms with Gasteiger partial charge in [-0.1, -0.05) is 0 Å². The monoisotopic (exact) mass is 336 g/mol. The second-order valence-corrected chi connectivity index (χ2v) is 6.09. The molecule has 7 heteroatoms. The summed E-state index contributed by atoms with van der Waals surface area (Å²) in [6.45, 7) is 4.04. The Labute approximate surface area is 137 Å². The van der Waals surface area contributed by atoms with Crippen molar-refractivity contribution in [3.8, 4) is 0 Å². The zero-order chi connectivity index (χ0) is 17.0. The Morgan fingerprint density at radius 1 is 1.30 bits per heavy atom. The van der Waals surface area contributed by atoms with Gasteiger partial charge in [0, 0.05) is 17.0 Å². The number of aromatic nitrogens is 1. The molecule has 0 saturated carbocycles. The Bertz CT molecular complexity index is 698. The zero-order valence-electron chi connectivity index (χ0n) is 13.1. The lowest BCUT2D eigenvalue weighted by Crippen LogP contribution is -2.36. The zero-order valence-corrected chi connectivity index (χ0v) is 13.9. The minimum atomic E-state index is -0.506. The molecule has 2 aromatic rings. The van der Waals surface area contributed by atoms with E-state index in [2.05, 4.69) is 9.72 Å². The number of carbonyl (C=O) groups is 2. The average Bonchev–Trinajstić information content (AvgIpc) is 3.00. The summed E-state index contributed by atoms with van der Waals surface area (Å²) in [4.78, 5) is 29.8. The van der Waals surface area contributed by atoms with Crippen LogP contribution in [0.15, 0.2) is 29.6 Å². The molecule has 2 rings (SSSR count). The van der Waals surface area contributed by atoms with E-state index in [1.807, 2.05) is 13.8 Å². The lowest BCUT2D eigenvalue weighted by Gasteiger charge is -2.26. The molecule has 1 aromatic heterocycles. The molecule has 0 aliphatic rings. The standard InChI is InChI=1S/C16H17FN2O3S/c1-10(2)19(15(20)11-4-6-12(17)7-5-11)8-14-18-13(9-23-14)16(21)22-3/h4-7,9-10H,8H2,1-3H3. The summed E-state index contributed by atoms with van der Waals surface area (Å²) >= 11 is 1.29. The molecule has 1 heterocycles. The van der Waals surface area contributed by atoms with Crippen molar-refractivity contribution < 1.29 is 18.7 Å². The van der Waals surface area contributed by atoms with E-state index in [1.54, 1.807) is 10.3 Å². The van der Waals surface area contributed by atoms with Crippen LogP contribution in [0, 0.1) is 5.82 Å². The summed E-state index contributed by atoms with van der Waals surface area (Å²) < 4.78 is 17.6. The van der Waals surface area contributed by atoms with E-state index in [9.17, 15) is 14.0 Å². The van der Waals surface area contributed by atoms with Gasteiger partial charge >= 0.3 is 5.97 Å². The van der Waals surface area contributed by atoms with Gasteiger partial charge in [-0.05, 0) is 38.1 Å². The molecule has 1 amide bonds. The van der Waals surface area contributed by atoms with E-state index in [4.69, 9.17) is 0 Å². The molecule has 0 bridgehead atoms. The van der Waals surface area contributed by atoms with Gasteiger partial charge in [0.1, 0.15) is 10.8 Å². The highest BCUT2D eigenvalue weighted by Crippen LogP contribution is 2.17. The molecule has 122 valence electrons. The molecule has 5 nitrogen and oxygen atoms in total. The largest absolute Gasteiger partial charge is 0.464 e. The summed E-state index contributed by atoms with van der Waals surface area (Å²) in [6.07, 6.45) is 0. The predicted octanol–water partition coefficient (Wildman–Crippen LogP) is 3.12. The third-order valence-corrected chi connectivity index (χ3v) is 4.06. The summed E-state index contributed by atoms with van der Waals surface area (Å²) in [5.41, 5.74) is 0.635. The number of ether oxygens (including phenoxy) is 1. The smallest absolute Gasteiger partial charge is 0.357 e. The van der Waals surface area contributed by atoms with E-state index in [-0.39, 0.29) is 30.0 Å². The van der Waals surface area contributed by atoms with Crippen LogP contribution < -0.4 is 0 Å². The van der Waals surface area contributed by atoms with Crippen LogP contribution in [0.5, 0.6) is 0 Å². The number of carbonyl (C=O) groups excluding carboxylic acids is 2. The summed E-state index contributed by atoms with van der Waals surface area (Å²) in [5.74, 6) is -1.11. The van der Waals surface area contributed by atoms with Gasteiger partial charge in [0.25, 0.3) is 5.91 Å². The average molecular weight is 336 g/mol. The first-order valence-corrected chi connectivity index (χ1v) is 7.89. The van der Waals surface area contributed by atoms with Crippen LogP contribution in [0.25, 0.3) is 0 Å². The van der Waals surface area contributed by atoms with Gasteiger partial charge in [0.2, 0.25) is 0 Å². The maximum Gasteiger partial charge on any atom is 0.357 e. The van der Waals surface area contributed by atoms with Crippen LogP contribution in [0.4, 0.5) is 4.39 Å². The van der Waals surface area contributed by atoms with Crippen LogP contribution in [-0.4, -0.2) is 34.9 Å². The Hall–Kier alpha value is -2.28. The number of thiazole rings is 1. The summed E-state index contributed by atoms with van der Waals surface area (Å²) in [7, 11) is 1.29. The van der Waals surface area contributed by atoms with Gasteiger partial charge in [-0.2, -0.15) is 0 Å². The number of amides is 1. The first-order valence-electron chi connectivity index (χ1n) is 7.01. The molecule has 0 aliphatic carbocycles. The quantitative estimate of drug-likeness (QED) is 0.787. The fourth-order valence-electron chi connectivity index (χ4n) is 1.97. The lowest BCUT2D eigenvalue weighted by molar-refractivity contribution is 0.0594. The number of halogens is 1. The fourth-order valence-corrected chi connectivity index (χ4v) is 2.74. The molecule has 0 N–H and O–H groups in total. The molecule has 0 radical (unpaired) electrons. The Kier molecular flexibility index (Phi) is 5.44.